The van der Waals surface area contributed by atoms with E-state index in [4.69, 9.17) is 13.9 Å². The lowest BCUT2D eigenvalue weighted by molar-refractivity contribution is 0.0161. The molecule has 3 rings (SSSR count). The largest absolute Gasteiger partial charge is 0.459 e. The lowest BCUT2D eigenvalue weighted by Gasteiger charge is -2.10. The minimum atomic E-state index is -0.399. The molecule has 23 heavy (non-hydrogen) atoms. The molecular weight excluding hydrogens is 298 g/mol. The Balaban J connectivity index is 1.53. The van der Waals surface area contributed by atoms with Crippen LogP contribution in [0.3, 0.4) is 0 Å². The number of ether oxygens (including phenoxy) is 2. The molecule has 1 amide bonds. The molecule has 0 radical (unpaired) electrons. The third kappa shape index (κ3) is 3.98. The van der Waals surface area contributed by atoms with Crippen LogP contribution in [0.25, 0.3) is 0 Å². The molecule has 1 fully saturated rings. The Morgan fingerprint density at radius 1 is 1.22 bits per heavy atom. The summed E-state index contributed by atoms with van der Waals surface area (Å²) >= 11 is 0. The van der Waals surface area contributed by atoms with Crippen molar-refractivity contribution in [2.45, 2.75) is 18.9 Å². The van der Waals surface area contributed by atoms with Gasteiger partial charge in [-0.25, -0.2) is 4.79 Å². The smallest absolute Gasteiger partial charge is 0.338 e. The van der Waals surface area contributed by atoms with Crippen molar-refractivity contribution in [2.24, 2.45) is 0 Å². The van der Waals surface area contributed by atoms with E-state index >= 15 is 0 Å². The van der Waals surface area contributed by atoms with Crippen LogP contribution >= 0.6 is 0 Å². The van der Waals surface area contributed by atoms with Crippen LogP contribution in [0.2, 0.25) is 0 Å². The summed E-state index contributed by atoms with van der Waals surface area (Å²) < 4.78 is 15.6. The van der Waals surface area contributed by atoms with Crippen molar-refractivity contribution in [1.82, 2.24) is 0 Å². The average Bonchev–Trinajstić information content (AvgIpc) is 3.26. The third-order valence-corrected chi connectivity index (χ3v) is 3.55. The summed E-state index contributed by atoms with van der Waals surface area (Å²) in [6, 6.07) is 9.71. The number of benzene rings is 1. The van der Waals surface area contributed by atoms with Crippen molar-refractivity contribution in [2.75, 3.05) is 18.5 Å². The van der Waals surface area contributed by atoms with Gasteiger partial charge in [0.1, 0.15) is 6.61 Å². The SMILES string of the molecule is O=C(OC[C@H]1CCCO1)c1ccc(NC(=O)c2ccco2)cc1. The standard InChI is InChI=1S/C17H17NO5/c19-16(15-4-2-10-22-15)18-13-7-5-12(6-8-13)17(20)23-11-14-3-1-9-21-14/h2,4-8,10,14H,1,3,9,11H2,(H,18,19)/t14-/m1/s1. The van der Waals surface area contributed by atoms with Gasteiger partial charge in [-0.3, -0.25) is 4.79 Å². The summed E-state index contributed by atoms with van der Waals surface area (Å²) in [5.41, 5.74) is 1.00. The van der Waals surface area contributed by atoms with Gasteiger partial charge in [0.2, 0.25) is 0 Å². The minimum absolute atomic E-state index is 0.00538. The van der Waals surface area contributed by atoms with Crippen LogP contribution in [0.15, 0.2) is 47.1 Å². The third-order valence-electron chi connectivity index (χ3n) is 3.55. The number of furan rings is 1. The molecule has 0 saturated carbocycles. The van der Waals surface area contributed by atoms with Gasteiger partial charge in [-0.2, -0.15) is 0 Å². The number of amides is 1. The van der Waals surface area contributed by atoms with E-state index in [9.17, 15) is 9.59 Å². The normalized spacial score (nSPS) is 17.0. The van der Waals surface area contributed by atoms with Crippen molar-refractivity contribution in [3.8, 4) is 0 Å². The number of nitrogens with one attached hydrogen (secondary N) is 1. The highest BCUT2D eigenvalue weighted by atomic mass is 16.6. The van der Waals surface area contributed by atoms with E-state index in [0.29, 0.717) is 11.3 Å². The fourth-order valence-electron chi connectivity index (χ4n) is 2.32. The van der Waals surface area contributed by atoms with Gasteiger partial charge in [-0.15, -0.1) is 0 Å². The van der Waals surface area contributed by atoms with Crippen molar-refractivity contribution in [3.63, 3.8) is 0 Å². The number of hydrogen-bond donors (Lipinski definition) is 1. The fourth-order valence-corrected chi connectivity index (χ4v) is 2.32. The summed E-state index contributed by atoms with van der Waals surface area (Å²) in [7, 11) is 0. The average molecular weight is 315 g/mol. The van der Waals surface area contributed by atoms with Crippen LogP contribution in [0, 0.1) is 0 Å². The molecule has 1 aromatic carbocycles. The Morgan fingerprint density at radius 2 is 2.04 bits per heavy atom. The topological polar surface area (TPSA) is 77.8 Å². The van der Waals surface area contributed by atoms with E-state index in [1.807, 2.05) is 0 Å². The van der Waals surface area contributed by atoms with Crippen molar-refractivity contribution in [1.29, 1.82) is 0 Å². The summed E-state index contributed by atoms with van der Waals surface area (Å²) in [5.74, 6) is -0.516. The molecule has 1 N–H and O–H groups in total. The van der Waals surface area contributed by atoms with Gasteiger partial charge < -0.3 is 19.2 Å². The first kappa shape index (κ1) is 15.3. The van der Waals surface area contributed by atoms with Crippen LogP contribution in [-0.4, -0.2) is 31.2 Å². The maximum atomic E-state index is 11.9. The van der Waals surface area contributed by atoms with Crippen molar-refractivity contribution >= 4 is 17.6 Å². The highest BCUT2D eigenvalue weighted by Crippen LogP contribution is 2.15. The zero-order chi connectivity index (χ0) is 16.1. The Hall–Kier alpha value is -2.60. The van der Waals surface area contributed by atoms with Crippen LogP contribution in [-0.2, 0) is 9.47 Å². The minimum Gasteiger partial charge on any atom is -0.459 e. The molecule has 0 bridgehead atoms. The second-order valence-corrected chi connectivity index (χ2v) is 5.24. The maximum absolute atomic E-state index is 11.9. The molecule has 6 nitrogen and oxygen atoms in total. The number of carbonyl (C=O) groups excluding carboxylic acids is 2. The molecule has 0 aliphatic carbocycles. The fraction of sp³-hybridized carbons (Fsp3) is 0.294. The van der Waals surface area contributed by atoms with E-state index in [2.05, 4.69) is 5.32 Å². The zero-order valence-electron chi connectivity index (χ0n) is 12.5. The van der Waals surface area contributed by atoms with Crippen molar-refractivity contribution in [3.05, 3.63) is 54.0 Å². The predicted molar refractivity (Wildman–Crippen MR) is 82.4 cm³/mol. The van der Waals surface area contributed by atoms with Crippen molar-refractivity contribution < 1.29 is 23.5 Å². The first-order chi connectivity index (χ1) is 11.2. The number of anilines is 1. The molecule has 1 aliphatic heterocycles. The van der Waals surface area contributed by atoms with Gasteiger partial charge >= 0.3 is 5.97 Å². The maximum Gasteiger partial charge on any atom is 0.338 e. The Labute approximate surface area is 133 Å². The highest BCUT2D eigenvalue weighted by Gasteiger charge is 2.18. The second-order valence-electron chi connectivity index (χ2n) is 5.24. The van der Waals surface area contributed by atoms with Gasteiger partial charge in [0.25, 0.3) is 5.91 Å². The van der Waals surface area contributed by atoms with Gasteiger partial charge in [0.15, 0.2) is 5.76 Å². The van der Waals surface area contributed by atoms with E-state index < -0.39 is 5.97 Å². The summed E-state index contributed by atoms with van der Waals surface area (Å²) in [4.78, 5) is 23.8. The Bertz CT molecular complexity index is 657. The first-order valence-corrected chi connectivity index (χ1v) is 7.46. The van der Waals surface area contributed by atoms with Gasteiger partial charge in [0, 0.05) is 12.3 Å². The molecule has 2 heterocycles. The molecule has 0 spiro atoms. The number of carbonyl (C=O) groups is 2. The molecule has 0 unspecified atom stereocenters. The number of rotatable bonds is 5. The van der Waals surface area contributed by atoms with Crippen LogP contribution in [0.1, 0.15) is 33.8 Å². The number of hydrogen-bond acceptors (Lipinski definition) is 5. The molecule has 1 saturated heterocycles. The Kier molecular flexibility index (Phi) is 4.73. The zero-order valence-corrected chi connectivity index (χ0v) is 12.5. The Morgan fingerprint density at radius 3 is 2.70 bits per heavy atom. The molecule has 2 aromatic rings. The number of esters is 1. The van der Waals surface area contributed by atoms with Crippen LogP contribution in [0.5, 0.6) is 0 Å². The van der Waals surface area contributed by atoms with E-state index in [0.717, 1.165) is 19.4 Å². The molecule has 1 aromatic heterocycles. The summed E-state index contributed by atoms with van der Waals surface area (Å²) in [6.07, 6.45) is 3.37. The molecule has 120 valence electrons. The molecule has 1 atom stereocenters. The summed E-state index contributed by atoms with van der Waals surface area (Å²) in [5, 5.41) is 2.68. The van der Waals surface area contributed by atoms with E-state index in [1.54, 1.807) is 36.4 Å². The van der Waals surface area contributed by atoms with Crippen LogP contribution in [0.4, 0.5) is 5.69 Å². The van der Waals surface area contributed by atoms with Gasteiger partial charge in [0.05, 0.1) is 17.9 Å². The molecular formula is C17H17NO5. The van der Waals surface area contributed by atoms with Crippen LogP contribution < -0.4 is 5.32 Å². The summed E-state index contributed by atoms with van der Waals surface area (Å²) in [6.45, 7) is 1.00. The first-order valence-electron chi connectivity index (χ1n) is 7.46. The second kappa shape index (κ2) is 7.11. The monoisotopic (exact) mass is 315 g/mol. The lowest BCUT2D eigenvalue weighted by Crippen LogP contribution is -2.18. The lowest BCUT2D eigenvalue weighted by atomic mass is 10.2. The highest BCUT2D eigenvalue weighted by molar-refractivity contribution is 6.02. The molecule has 6 heteroatoms. The van der Waals surface area contributed by atoms with E-state index in [-0.39, 0.29) is 24.4 Å². The quantitative estimate of drug-likeness (QED) is 0.858. The molecule has 1 aliphatic rings. The van der Waals surface area contributed by atoms with E-state index in [1.165, 1.54) is 6.26 Å². The predicted octanol–water partition coefficient (Wildman–Crippen LogP) is 2.87. The van der Waals surface area contributed by atoms with Gasteiger partial charge in [-0.1, -0.05) is 0 Å². The van der Waals surface area contributed by atoms with Gasteiger partial charge in [-0.05, 0) is 49.2 Å².